The van der Waals surface area contributed by atoms with Crippen molar-refractivity contribution in [3.63, 3.8) is 0 Å². The van der Waals surface area contributed by atoms with Crippen LogP contribution in [0.25, 0.3) is 0 Å². The van der Waals surface area contributed by atoms with Crippen LogP contribution >= 0.6 is 28.3 Å². The number of halogens is 4. The van der Waals surface area contributed by atoms with Gasteiger partial charge in [-0.25, -0.2) is 0 Å². The van der Waals surface area contributed by atoms with E-state index in [1.807, 2.05) is 12.1 Å². The number of rotatable bonds is 4. The average Bonchev–Trinajstić information content (AvgIpc) is 3.04. The van der Waals surface area contributed by atoms with Gasteiger partial charge in [-0.3, -0.25) is 4.90 Å². The van der Waals surface area contributed by atoms with Crippen molar-refractivity contribution in [2.75, 3.05) is 26.2 Å². The smallest absolute Gasteiger partial charge is 0.387 e. The summed E-state index contributed by atoms with van der Waals surface area (Å²) in [7, 11) is 0. The largest absolute Gasteiger partial charge is 0.433 e. The van der Waals surface area contributed by atoms with Crippen molar-refractivity contribution in [1.29, 1.82) is 0 Å². The normalized spacial score (nSPS) is 24.9. The molecule has 1 aromatic carbocycles. The second-order valence-electron chi connectivity index (χ2n) is 5.99. The Labute approximate surface area is 143 Å². The molecule has 2 fully saturated rings. The maximum absolute atomic E-state index is 12.6. The van der Waals surface area contributed by atoms with E-state index in [-0.39, 0.29) is 18.2 Å². The first-order chi connectivity index (χ1) is 10.1. The highest BCUT2D eigenvalue weighted by atomic mass is 79.9. The molecule has 1 N–H and O–H groups in total. The number of hydrogen-bond donors (Lipinski definition) is 1. The molecule has 124 valence electrons. The van der Waals surface area contributed by atoms with Crippen LogP contribution in [0.3, 0.4) is 0 Å². The van der Waals surface area contributed by atoms with Crippen LogP contribution in [0.15, 0.2) is 22.7 Å². The summed E-state index contributed by atoms with van der Waals surface area (Å²) >= 11 is 3.30. The Hall–Kier alpha value is -0.430. The lowest BCUT2D eigenvalue weighted by molar-refractivity contribution is -0.0512. The summed E-state index contributed by atoms with van der Waals surface area (Å²) in [5.41, 5.74) is 1.20. The van der Waals surface area contributed by atoms with Gasteiger partial charge in [0.2, 0.25) is 0 Å². The Morgan fingerprint density at radius 1 is 1.36 bits per heavy atom. The van der Waals surface area contributed by atoms with E-state index in [0.29, 0.717) is 16.4 Å². The van der Waals surface area contributed by atoms with Gasteiger partial charge in [0.05, 0.1) is 4.47 Å². The van der Waals surface area contributed by atoms with Crippen LogP contribution in [-0.2, 0) is 6.54 Å². The highest BCUT2D eigenvalue weighted by Crippen LogP contribution is 2.38. The topological polar surface area (TPSA) is 24.5 Å². The predicted molar refractivity (Wildman–Crippen MR) is 87.8 cm³/mol. The summed E-state index contributed by atoms with van der Waals surface area (Å²) in [6.07, 6.45) is 2.39. The van der Waals surface area contributed by atoms with Crippen molar-refractivity contribution in [2.45, 2.75) is 26.0 Å². The summed E-state index contributed by atoms with van der Waals surface area (Å²) in [6, 6.07) is 5.45. The van der Waals surface area contributed by atoms with Crippen molar-refractivity contribution in [3.05, 3.63) is 28.2 Å². The SMILES string of the molecule is Cl.FC(F)Oc1c(Br)cccc1CN1CCC2(CCNC2)C1. The summed E-state index contributed by atoms with van der Waals surface area (Å²) in [5.74, 6) is 0.262. The lowest BCUT2D eigenvalue weighted by atomic mass is 9.86. The maximum Gasteiger partial charge on any atom is 0.387 e. The Morgan fingerprint density at radius 3 is 2.86 bits per heavy atom. The molecule has 0 aromatic heterocycles. The van der Waals surface area contributed by atoms with Crippen molar-refractivity contribution in [1.82, 2.24) is 10.2 Å². The molecule has 1 aromatic rings. The number of nitrogens with one attached hydrogen (secondary N) is 1. The van der Waals surface area contributed by atoms with Gasteiger partial charge in [-0.05, 0) is 53.3 Å². The van der Waals surface area contributed by atoms with E-state index in [0.717, 1.165) is 31.7 Å². The van der Waals surface area contributed by atoms with Gasteiger partial charge in [-0.2, -0.15) is 8.78 Å². The fraction of sp³-hybridized carbons (Fsp3) is 0.600. The molecule has 7 heteroatoms. The molecule has 1 spiro atoms. The third kappa shape index (κ3) is 3.91. The maximum atomic E-state index is 12.6. The van der Waals surface area contributed by atoms with Crippen molar-refractivity contribution in [2.24, 2.45) is 5.41 Å². The minimum absolute atomic E-state index is 0. The van der Waals surface area contributed by atoms with E-state index in [4.69, 9.17) is 0 Å². The standard InChI is InChI=1S/C15H19BrF2N2O.ClH/c16-12-3-1-2-11(13(12)21-14(17)18)8-20-7-5-15(10-20)4-6-19-9-15;/h1-3,14,19H,4-10H2;1H. The number of hydrogen-bond acceptors (Lipinski definition) is 3. The summed E-state index contributed by atoms with van der Waals surface area (Å²) < 4.78 is 30.4. The van der Waals surface area contributed by atoms with Crippen LogP contribution in [-0.4, -0.2) is 37.7 Å². The minimum Gasteiger partial charge on any atom is -0.433 e. The molecule has 2 heterocycles. The zero-order chi connectivity index (χ0) is 14.9. The zero-order valence-electron chi connectivity index (χ0n) is 12.2. The zero-order valence-corrected chi connectivity index (χ0v) is 14.6. The quantitative estimate of drug-likeness (QED) is 0.839. The summed E-state index contributed by atoms with van der Waals surface area (Å²) in [5, 5.41) is 3.43. The average molecular weight is 398 g/mol. The Kier molecular flexibility index (Phi) is 6.05. The number of para-hydroxylation sites is 1. The van der Waals surface area contributed by atoms with E-state index in [1.165, 1.54) is 12.8 Å². The van der Waals surface area contributed by atoms with E-state index in [2.05, 4.69) is 30.9 Å². The highest BCUT2D eigenvalue weighted by Gasteiger charge is 2.40. The molecule has 1 atom stereocenters. The molecule has 3 nitrogen and oxygen atoms in total. The van der Waals surface area contributed by atoms with Gasteiger partial charge >= 0.3 is 6.61 Å². The van der Waals surface area contributed by atoms with Crippen LogP contribution in [0.1, 0.15) is 18.4 Å². The first-order valence-electron chi connectivity index (χ1n) is 7.23. The number of ether oxygens (including phenoxy) is 1. The molecule has 2 aliphatic rings. The Morgan fingerprint density at radius 2 is 2.18 bits per heavy atom. The summed E-state index contributed by atoms with van der Waals surface area (Å²) in [6.45, 7) is 2.06. The molecule has 0 saturated carbocycles. The molecule has 3 rings (SSSR count). The van der Waals surface area contributed by atoms with Gasteiger partial charge in [-0.1, -0.05) is 12.1 Å². The molecule has 2 saturated heterocycles. The van der Waals surface area contributed by atoms with Crippen LogP contribution < -0.4 is 10.1 Å². The van der Waals surface area contributed by atoms with Crippen molar-refractivity contribution >= 4 is 28.3 Å². The lowest BCUT2D eigenvalue weighted by Crippen LogP contribution is -2.29. The Bertz CT molecular complexity index is 512. The Balaban J connectivity index is 0.00000176. The molecule has 0 radical (unpaired) electrons. The van der Waals surface area contributed by atoms with E-state index in [9.17, 15) is 8.78 Å². The number of alkyl halides is 2. The third-order valence-corrected chi connectivity index (χ3v) is 5.12. The van der Waals surface area contributed by atoms with Crippen molar-refractivity contribution in [3.8, 4) is 5.75 Å². The van der Waals surface area contributed by atoms with E-state index < -0.39 is 6.61 Å². The van der Waals surface area contributed by atoms with Gasteiger partial charge in [0, 0.05) is 25.2 Å². The molecule has 1 unspecified atom stereocenters. The monoisotopic (exact) mass is 396 g/mol. The minimum atomic E-state index is -2.80. The number of benzene rings is 1. The van der Waals surface area contributed by atoms with Crippen LogP contribution in [0.4, 0.5) is 8.78 Å². The first-order valence-corrected chi connectivity index (χ1v) is 8.03. The molecule has 0 aliphatic carbocycles. The van der Waals surface area contributed by atoms with Gasteiger partial charge in [0.1, 0.15) is 5.75 Å². The molecule has 2 aliphatic heterocycles. The number of likely N-dealkylation sites (tertiary alicyclic amines) is 1. The van der Waals surface area contributed by atoms with E-state index in [1.54, 1.807) is 6.07 Å². The van der Waals surface area contributed by atoms with Gasteiger partial charge in [0.25, 0.3) is 0 Å². The van der Waals surface area contributed by atoms with Gasteiger partial charge < -0.3 is 10.1 Å². The fourth-order valence-corrected chi connectivity index (χ4v) is 3.95. The van der Waals surface area contributed by atoms with Gasteiger partial charge in [-0.15, -0.1) is 12.4 Å². The third-order valence-electron chi connectivity index (χ3n) is 4.50. The molecular weight excluding hydrogens is 378 g/mol. The molecule has 0 bridgehead atoms. The second kappa shape index (κ2) is 7.43. The van der Waals surface area contributed by atoms with Crippen molar-refractivity contribution < 1.29 is 13.5 Å². The number of nitrogens with zero attached hydrogens (tertiary/aromatic N) is 1. The van der Waals surface area contributed by atoms with Gasteiger partial charge in [0.15, 0.2) is 0 Å². The van der Waals surface area contributed by atoms with Crippen LogP contribution in [0.2, 0.25) is 0 Å². The fourth-order valence-electron chi connectivity index (χ4n) is 3.45. The second-order valence-corrected chi connectivity index (χ2v) is 6.85. The lowest BCUT2D eigenvalue weighted by Gasteiger charge is -2.23. The molecule has 22 heavy (non-hydrogen) atoms. The molecular formula is C15H20BrClF2N2O. The van der Waals surface area contributed by atoms with Crippen LogP contribution in [0.5, 0.6) is 5.75 Å². The first kappa shape index (κ1) is 17.9. The highest BCUT2D eigenvalue weighted by molar-refractivity contribution is 9.10. The predicted octanol–water partition coefficient (Wildman–Crippen LogP) is 3.66. The van der Waals surface area contributed by atoms with E-state index >= 15 is 0 Å². The summed E-state index contributed by atoms with van der Waals surface area (Å²) in [4.78, 5) is 2.34. The molecule has 0 amide bonds. The van der Waals surface area contributed by atoms with Crippen LogP contribution in [0, 0.1) is 5.41 Å².